The molecular weight excluding hydrogens is 252 g/mol. The normalized spacial score (nSPS) is 13.0. The van der Waals surface area contributed by atoms with Gasteiger partial charge in [-0.05, 0) is 36.5 Å². The maximum atomic E-state index is 12.5. The van der Waals surface area contributed by atoms with Crippen LogP contribution in [0.5, 0.6) is 0 Å². The Labute approximate surface area is 116 Å². The van der Waals surface area contributed by atoms with E-state index in [1.807, 2.05) is 12.1 Å². The Hall–Kier alpha value is -2.42. The maximum Gasteiger partial charge on any atom is 0.193 e. The topological polar surface area (TPSA) is 57.2 Å². The van der Waals surface area contributed by atoms with Crippen molar-refractivity contribution in [2.24, 2.45) is 0 Å². The smallest absolute Gasteiger partial charge is 0.193 e. The third kappa shape index (κ3) is 2.11. The maximum absolute atomic E-state index is 12.5. The molecule has 20 heavy (non-hydrogen) atoms. The van der Waals surface area contributed by atoms with Gasteiger partial charge in [0.2, 0.25) is 0 Å². The van der Waals surface area contributed by atoms with Crippen LogP contribution in [-0.2, 0) is 12.8 Å². The molecule has 0 radical (unpaired) electrons. The highest BCUT2D eigenvalue weighted by Gasteiger charge is 2.17. The second-order valence-electron chi connectivity index (χ2n) is 5.00. The summed E-state index contributed by atoms with van der Waals surface area (Å²) >= 11 is 0. The van der Waals surface area contributed by atoms with Gasteiger partial charge in [-0.1, -0.05) is 36.4 Å². The fraction of sp³-hybridized carbons (Fsp3) is 0.176. The molecule has 2 aromatic rings. The van der Waals surface area contributed by atoms with Crippen LogP contribution in [0.15, 0.2) is 42.5 Å². The zero-order valence-electron chi connectivity index (χ0n) is 10.9. The Bertz CT molecular complexity index is 701. The number of carbonyl (C=O) groups is 2. The molecule has 0 aromatic heterocycles. The standard InChI is InChI=1S/C17H14O3/c18-16(14-6-1-2-7-15(14)17(19)20)13-9-8-11-4-3-5-12(11)10-13/h1-2,6-10H,3-5H2,(H,19,20)/p-1. The number of hydrogen-bond donors (Lipinski definition) is 0. The average Bonchev–Trinajstić information content (AvgIpc) is 2.93. The summed E-state index contributed by atoms with van der Waals surface area (Å²) < 4.78 is 0. The van der Waals surface area contributed by atoms with E-state index in [0.29, 0.717) is 5.56 Å². The van der Waals surface area contributed by atoms with Crippen molar-refractivity contribution in [1.82, 2.24) is 0 Å². The van der Waals surface area contributed by atoms with E-state index in [1.54, 1.807) is 18.2 Å². The number of carbonyl (C=O) groups excluding carboxylic acids is 2. The van der Waals surface area contributed by atoms with Gasteiger partial charge in [0.15, 0.2) is 5.78 Å². The molecule has 0 N–H and O–H groups in total. The van der Waals surface area contributed by atoms with Gasteiger partial charge in [-0.3, -0.25) is 4.79 Å². The summed E-state index contributed by atoms with van der Waals surface area (Å²) in [6.45, 7) is 0. The minimum Gasteiger partial charge on any atom is -0.545 e. The summed E-state index contributed by atoms with van der Waals surface area (Å²) in [6, 6.07) is 11.8. The average molecular weight is 265 g/mol. The van der Waals surface area contributed by atoms with Gasteiger partial charge < -0.3 is 9.90 Å². The summed E-state index contributed by atoms with van der Waals surface area (Å²) in [4.78, 5) is 23.6. The van der Waals surface area contributed by atoms with Crippen molar-refractivity contribution in [1.29, 1.82) is 0 Å². The van der Waals surface area contributed by atoms with Crippen LogP contribution in [0.4, 0.5) is 0 Å². The first-order chi connectivity index (χ1) is 9.66. The van der Waals surface area contributed by atoms with Crippen molar-refractivity contribution < 1.29 is 14.7 Å². The molecule has 0 heterocycles. The van der Waals surface area contributed by atoms with Crippen LogP contribution in [0.3, 0.4) is 0 Å². The molecule has 0 bridgehead atoms. The van der Waals surface area contributed by atoms with Gasteiger partial charge in [0, 0.05) is 16.7 Å². The molecule has 3 nitrogen and oxygen atoms in total. The molecule has 0 saturated carbocycles. The third-order valence-electron chi connectivity index (χ3n) is 3.75. The molecule has 2 aromatic carbocycles. The highest BCUT2D eigenvalue weighted by molar-refractivity contribution is 6.14. The van der Waals surface area contributed by atoms with Crippen molar-refractivity contribution in [3.05, 3.63) is 70.3 Å². The largest absolute Gasteiger partial charge is 0.545 e. The lowest BCUT2D eigenvalue weighted by Crippen LogP contribution is -2.25. The lowest BCUT2D eigenvalue weighted by molar-refractivity contribution is -0.255. The molecule has 0 amide bonds. The Kier molecular flexibility index (Phi) is 3.11. The van der Waals surface area contributed by atoms with E-state index in [0.717, 1.165) is 19.3 Å². The molecule has 100 valence electrons. The van der Waals surface area contributed by atoms with Gasteiger partial charge in [0.1, 0.15) is 0 Å². The number of aromatic carboxylic acids is 1. The summed E-state index contributed by atoms with van der Waals surface area (Å²) in [5, 5.41) is 11.1. The first-order valence-corrected chi connectivity index (χ1v) is 6.63. The Morgan fingerprint density at radius 2 is 1.60 bits per heavy atom. The SMILES string of the molecule is O=C([O-])c1ccccc1C(=O)c1ccc2c(c1)CCC2. The van der Waals surface area contributed by atoms with E-state index in [1.165, 1.54) is 23.3 Å². The molecule has 0 unspecified atom stereocenters. The molecule has 0 aliphatic heterocycles. The summed E-state index contributed by atoms with van der Waals surface area (Å²) in [5.74, 6) is -1.59. The second kappa shape index (κ2) is 4.93. The first kappa shape index (κ1) is 12.6. The minimum absolute atomic E-state index is 0.0574. The Balaban J connectivity index is 2.03. The number of fused-ring (bicyclic) bond motifs is 1. The summed E-state index contributed by atoms with van der Waals surface area (Å²) in [5.41, 5.74) is 3.15. The van der Waals surface area contributed by atoms with Gasteiger partial charge in [-0.15, -0.1) is 0 Å². The van der Waals surface area contributed by atoms with Crippen molar-refractivity contribution in [3.8, 4) is 0 Å². The Morgan fingerprint density at radius 3 is 2.35 bits per heavy atom. The molecule has 1 aliphatic carbocycles. The van der Waals surface area contributed by atoms with E-state index in [-0.39, 0.29) is 16.9 Å². The number of hydrogen-bond acceptors (Lipinski definition) is 3. The van der Waals surface area contributed by atoms with Gasteiger partial charge in [0.25, 0.3) is 0 Å². The predicted octanol–water partition coefficient (Wildman–Crippen LogP) is 1.77. The van der Waals surface area contributed by atoms with Crippen LogP contribution < -0.4 is 5.11 Å². The molecule has 0 saturated heterocycles. The lowest BCUT2D eigenvalue weighted by Gasteiger charge is -2.10. The quantitative estimate of drug-likeness (QED) is 0.795. The van der Waals surface area contributed by atoms with Crippen molar-refractivity contribution >= 4 is 11.8 Å². The van der Waals surface area contributed by atoms with Gasteiger partial charge in [-0.2, -0.15) is 0 Å². The van der Waals surface area contributed by atoms with Crippen LogP contribution >= 0.6 is 0 Å². The van der Waals surface area contributed by atoms with Crippen molar-refractivity contribution in [3.63, 3.8) is 0 Å². The zero-order valence-corrected chi connectivity index (χ0v) is 10.9. The number of carboxylic acid groups (broad SMARTS) is 1. The number of ketones is 1. The molecule has 0 spiro atoms. The fourth-order valence-electron chi connectivity index (χ4n) is 2.73. The molecule has 0 atom stereocenters. The summed E-state index contributed by atoms with van der Waals surface area (Å²) in [7, 11) is 0. The summed E-state index contributed by atoms with van der Waals surface area (Å²) in [6.07, 6.45) is 3.15. The van der Waals surface area contributed by atoms with Crippen LogP contribution in [-0.4, -0.2) is 11.8 Å². The molecule has 3 heteroatoms. The van der Waals surface area contributed by atoms with E-state index < -0.39 is 5.97 Å². The monoisotopic (exact) mass is 265 g/mol. The van der Waals surface area contributed by atoms with Crippen molar-refractivity contribution in [2.75, 3.05) is 0 Å². The molecule has 0 fully saturated rings. The molecule has 3 rings (SSSR count). The van der Waals surface area contributed by atoms with Gasteiger partial charge in [0.05, 0.1) is 5.97 Å². The fourth-order valence-corrected chi connectivity index (χ4v) is 2.73. The lowest BCUT2D eigenvalue weighted by atomic mass is 9.96. The van der Waals surface area contributed by atoms with Gasteiger partial charge >= 0.3 is 0 Å². The number of benzene rings is 2. The number of carboxylic acids is 1. The minimum atomic E-state index is -1.32. The van der Waals surface area contributed by atoms with Gasteiger partial charge in [-0.25, -0.2) is 0 Å². The highest BCUT2D eigenvalue weighted by Crippen LogP contribution is 2.24. The van der Waals surface area contributed by atoms with Crippen LogP contribution in [0.2, 0.25) is 0 Å². The van der Waals surface area contributed by atoms with E-state index in [9.17, 15) is 14.7 Å². The van der Waals surface area contributed by atoms with Crippen LogP contribution in [0.1, 0.15) is 43.8 Å². The first-order valence-electron chi connectivity index (χ1n) is 6.63. The van der Waals surface area contributed by atoms with E-state index >= 15 is 0 Å². The van der Waals surface area contributed by atoms with E-state index in [2.05, 4.69) is 0 Å². The van der Waals surface area contributed by atoms with Crippen LogP contribution in [0.25, 0.3) is 0 Å². The predicted molar refractivity (Wildman–Crippen MR) is 72.7 cm³/mol. The highest BCUT2D eigenvalue weighted by atomic mass is 16.4. The third-order valence-corrected chi connectivity index (χ3v) is 3.75. The number of aryl methyl sites for hydroxylation is 2. The van der Waals surface area contributed by atoms with Crippen LogP contribution in [0, 0.1) is 0 Å². The van der Waals surface area contributed by atoms with E-state index in [4.69, 9.17) is 0 Å². The molecular formula is C17H13O3-. The zero-order chi connectivity index (χ0) is 14.1. The van der Waals surface area contributed by atoms with Crippen molar-refractivity contribution in [2.45, 2.75) is 19.3 Å². The Morgan fingerprint density at radius 1 is 0.900 bits per heavy atom. The number of rotatable bonds is 3. The molecule has 1 aliphatic rings. The second-order valence-corrected chi connectivity index (χ2v) is 5.00.